The topological polar surface area (TPSA) is 262 Å². The van der Waals surface area contributed by atoms with Crippen LogP contribution in [0.25, 0.3) is 34.4 Å². The summed E-state index contributed by atoms with van der Waals surface area (Å²) in [4.78, 5) is 11.9. The van der Waals surface area contributed by atoms with Gasteiger partial charge in [-0.25, -0.2) is 36.9 Å². The molecule has 6 N–H and O–H groups in total. The molecule has 3 aromatic carbocycles. The average molecular weight is 747 g/mol. The van der Waals surface area contributed by atoms with E-state index in [2.05, 4.69) is 25.6 Å². The molecule has 0 aliphatic heterocycles. The number of nitrogens with two attached hydrogens (primary N) is 1. The molecule has 0 spiro atoms. The molecule has 0 saturated carbocycles. The fourth-order valence-electron chi connectivity index (χ4n) is 3.27. The van der Waals surface area contributed by atoms with E-state index in [0.717, 1.165) is 5.56 Å². The van der Waals surface area contributed by atoms with Crippen molar-refractivity contribution in [2.24, 2.45) is 5.14 Å². The van der Waals surface area contributed by atoms with Gasteiger partial charge in [-0.1, -0.05) is 30.3 Å². The van der Waals surface area contributed by atoms with E-state index in [-0.39, 0.29) is 15.9 Å². The number of oxazole rings is 3. The van der Waals surface area contributed by atoms with Crippen LogP contribution < -0.4 is 11.3 Å². The average Bonchev–Trinajstić information content (AvgIpc) is 3.81. The molecule has 250 valence electrons. The van der Waals surface area contributed by atoms with E-state index in [1.807, 2.05) is 30.3 Å². The number of primary sulfonamides is 1. The third-order valence-corrected chi connectivity index (χ3v) is 7.35. The molecule has 0 aliphatic rings. The van der Waals surface area contributed by atoms with Crippen molar-refractivity contribution in [3.63, 3.8) is 0 Å². The van der Waals surface area contributed by atoms with E-state index in [9.17, 15) is 16.8 Å². The monoisotopic (exact) mass is 745 g/mol. The molecule has 0 saturated heterocycles. The van der Waals surface area contributed by atoms with Crippen LogP contribution in [0.2, 0.25) is 0 Å². The molecule has 6 aromatic rings. The normalized spacial score (nSPS) is 10.9. The van der Waals surface area contributed by atoms with Crippen molar-refractivity contribution in [1.29, 1.82) is 0 Å². The molecular weight excluding hydrogens is 721 g/mol. The van der Waals surface area contributed by atoms with Gasteiger partial charge in [-0.2, -0.15) is 8.42 Å². The fourth-order valence-corrected chi connectivity index (χ4v) is 4.62. The van der Waals surface area contributed by atoms with Crippen molar-refractivity contribution in [3.8, 4) is 34.4 Å². The Morgan fingerprint density at radius 1 is 0.574 bits per heavy atom. The second-order valence-corrected chi connectivity index (χ2v) is 14.4. The summed E-state index contributed by atoms with van der Waals surface area (Å²) >= 11 is 0. The molecule has 47 heavy (non-hydrogen) atoms. The van der Waals surface area contributed by atoms with Crippen molar-refractivity contribution >= 4 is 49.8 Å². The van der Waals surface area contributed by atoms with Crippen molar-refractivity contribution < 1.29 is 43.1 Å². The molecule has 0 radical (unpaired) electrons. The van der Waals surface area contributed by atoms with E-state index in [4.69, 9.17) is 42.0 Å². The summed E-state index contributed by atoms with van der Waals surface area (Å²) < 4.78 is 84.7. The highest BCUT2D eigenvalue weighted by molar-refractivity contribution is 8.13. The lowest BCUT2D eigenvalue weighted by Crippen LogP contribution is -2.11. The van der Waals surface area contributed by atoms with Gasteiger partial charge in [0.1, 0.15) is 18.8 Å². The number of aromatic nitrogens is 3. The first-order valence-electron chi connectivity index (χ1n) is 12.2. The van der Waals surface area contributed by atoms with Crippen LogP contribution in [0, 0.1) is 0 Å². The SMILES string of the molecule is N.NS(=O)(=O)c1cccc(-c2ncco2)c1.O=S(=O)(Cl)c1cccc(-c2ncco2)c1.O=S(=O)(O)Cl.c1ccc(-c2ncco2)cc1. The highest BCUT2D eigenvalue weighted by Gasteiger charge is 2.12. The number of halogens is 2. The summed E-state index contributed by atoms with van der Waals surface area (Å²) in [5, 5.41) is 5.00. The summed E-state index contributed by atoms with van der Waals surface area (Å²) in [6, 6.07) is 22.0. The minimum Gasteiger partial charge on any atom is -0.445 e. The number of benzene rings is 3. The predicted molar refractivity (Wildman–Crippen MR) is 173 cm³/mol. The Balaban J connectivity index is 0.000000229. The van der Waals surface area contributed by atoms with Crippen LogP contribution in [0.15, 0.2) is 139 Å². The van der Waals surface area contributed by atoms with Gasteiger partial charge in [0, 0.05) is 38.1 Å². The van der Waals surface area contributed by atoms with Crippen LogP contribution >= 0.6 is 21.4 Å². The Morgan fingerprint density at radius 2 is 0.936 bits per heavy atom. The first-order chi connectivity index (χ1) is 21.6. The van der Waals surface area contributed by atoms with Crippen LogP contribution in [-0.2, 0) is 28.4 Å². The van der Waals surface area contributed by atoms with Crippen LogP contribution in [0.3, 0.4) is 0 Å². The molecule has 15 nitrogen and oxygen atoms in total. The minimum absolute atomic E-state index is 0. The van der Waals surface area contributed by atoms with Crippen molar-refractivity contribution in [2.45, 2.75) is 9.79 Å². The maximum absolute atomic E-state index is 11.1. The number of sulfonamides is 1. The van der Waals surface area contributed by atoms with Gasteiger partial charge >= 0.3 is 9.33 Å². The molecule has 3 aromatic heterocycles. The van der Waals surface area contributed by atoms with Crippen LogP contribution in [0.1, 0.15) is 0 Å². The van der Waals surface area contributed by atoms with Gasteiger partial charge in [-0.15, -0.1) is 0 Å². The van der Waals surface area contributed by atoms with Gasteiger partial charge in [0.25, 0.3) is 9.05 Å². The highest BCUT2D eigenvalue weighted by Crippen LogP contribution is 2.23. The highest BCUT2D eigenvalue weighted by atomic mass is 35.7. The van der Waals surface area contributed by atoms with Crippen LogP contribution in [-0.4, -0.2) is 44.8 Å². The Labute approximate surface area is 278 Å². The largest absolute Gasteiger partial charge is 0.445 e. The van der Waals surface area contributed by atoms with E-state index in [1.54, 1.807) is 36.7 Å². The quantitative estimate of drug-likeness (QED) is 0.139. The van der Waals surface area contributed by atoms with Gasteiger partial charge in [0.2, 0.25) is 27.7 Å². The Kier molecular flexibility index (Phi) is 14.4. The van der Waals surface area contributed by atoms with Gasteiger partial charge < -0.3 is 19.4 Å². The number of rotatable bonds is 5. The zero-order valence-corrected chi connectivity index (χ0v) is 27.7. The lowest BCUT2D eigenvalue weighted by Gasteiger charge is -1.99. The molecule has 20 heteroatoms. The summed E-state index contributed by atoms with van der Waals surface area (Å²) in [5.74, 6) is 1.39. The van der Waals surface area contributed by atoms with Crippen LogP contribution in [0.4, 0.5) is 0 Å². The van der Waals surface area contributed by atoms with E-state index in [0.29, 0.717) is 28.8 Å². The van der Waals surface area contributed by atoms with Crippen LogP contribution in [0.5, 0.6) is 0 Å². The third-order valence-electron chi connectivity index (χ3n) is 5.09. The van der Waals surface area contributed by atoms with Gasteiger partial charge in [0.05, 0.1) is 28.4 Å². The standard InChI is InChI=1S/C9H6ClNO3S.C9H8N2O3S.C9H7NO.ClHO3S.H3N/c2*10-15(12,13)8-3-1-2-7(6-8)9-11-4-5-14-9;1-2-4-8(5-3-1)9-10-6-7-11-9;1-5(2,3)4;/h1-6H;1-6H,(H2,10,12,13);1-7H;(H,2,3,4);1H3. The zero-order chi connectivity index (χ0) is 33.8. The summed E-state index contributed by atoms with van der Waals surface area (Å²) in [6.45, 7) is 0. The summed E-state index contributed by atoms with van der Waals surface area (Å²) in [5.41, 5.74) is 2.16. The molecule has 3 heterocycles. The summed E-state index contributed by atoms with van der Waals surface area (Å²) in [7, 11) is -2.32. The molecule has 0 fully saturated rings. The Morgan fingerprint density at radius 3 is 1.30 bits per heavy atom. The lowest BCUT2D eigenvalue weighted by molar-refractivity contribution is 0.501. The summed E-state index contributed by atoms with van der Waals surface area (Å²) in [6.07, 6.45) is 9.01. The Hall–Kier alpha value is -4.40. The smallest absolute Gasteiger partial charge is 0.353 e. The molecular formula is C27H25Cl2N5O10S3. The van der Waals surface area contributed by atoms with E-state index < -0.39 is 28.4 Å². The first-order valence-corrected chi connectivity index (χ1v) is 18.3. The molecule has 0 aliphatic carbocycles. The second-order valence-electron chi connectivity index (χ2n) is 8.33. The first kappa shape index (κ1) is 38.8. The third kappa shape index (κ3) is 13.9. The Bertz CT molecular complexity index is 2020. The zero-order valence-electron chi connectivity index (χ0n) is 23.7. The molecule has 0 amide bonds. The maximum atomic E-state index is 11.1. The number of hydrogen-bond donors (Lipinski definition) is 3. The van der Waals surface area contributed by atoms with Gasteiger partial charge in [0.15, 0.2) is 0 Å². The number of nitrogens with zero attached hydrogens (tertiary/aromatic N) is 3. The van der Waals surface area contributed by atoms with E-state index in [1.165, 1.54) is 49.2 Å². The van der Waals surface area contributed by atoms with Crippen molar-refractivity contribution in [3.05, 3.63) is 116 Å². The molecule has 0 unspecified atom stereocenters. The number of hydrogen-bond acceptors (Lipinski definition) is 13. The molecule has 6 rings (SSSR count). The fraction of sp³-hybridized carbons (Fsp3) is 0. The van der Waals surface area contributed by atoms with Gasteiger partial charge in [-0.3, -0.25) is 4.55 Å². The lowest BCUT2D eigenvalue weighted by atomic mass is 10.2. The molecule has 0 bridgehead atoms. The molecule has 0 atom stereocenters. The maximum Gasteiger partial charge on any atom is 0.353 e. The van der Waals surface area contributed by atoms with Gasteiger partial charge in [-0.05, 0) is 48.5 Å². The predicted octanol–water partition coefficient (Wildman–Crippen LogP) is 5.79. The minimum atomic E-state index is -4.19. The van der Waals surface area contributed by atoms with Crippen molar-refractivity contribution in [1.82, 2.24) is 21.1 Å². The van der Waals surface area contributed by atoms with E-state index >= 15 is 0 Å². The second kappa shape index (κ2) is 17.5. The van der Waals surface area contributed by atoms with Crippen molar-refractivity contribution in [2.75, 3.05) is 0 Å².